The van der Waals surface area contributed by atoms with Crippen LogP contribution in [0.25, 0.3) is 88.0 Å². The minimum absolute atomic E-state index is 0.611. The number of anilines is 3. The van der Waals surface area contributed by atoms with E-state index in [1.165, 1.54) is 43.4 Å². The summed E-state index contributed by atoms with van der Waals surface area (Å²) in [4.78, 5) is 11.6. The van der Waals surface area contributed by atoms with Gasteiger partial charge >= 0.3 is 0 Å². The molecular weight excluding hydrogens is 683 g/mol. The summed E-state index contributed by atoms with van der Waals surface area (Å²) in [6.45, 7) is 0. The van der Waals surface area contributed by atoms with Crippen LogP contribution in [0.1, 0.15) is 0 Å². The summed E-state index contributed by atoms with van der Waals surface area (Å²) in [5.41, 5.74) is 11.5. The summed E-state index contributed by atoms with van der Waals surface area (Å²) in [5.74, 6) is 0.611. The second-order valence-corrected chi connectivity index (χ2v) is 14.3. The smallest absolute Gasteiger partial charge is 0.227 e. The third-order valence-corrected chi connectivity index (χ3v) is 10.9. The molecule has 9 aromatic carbocycles. The molecule has 0 unspecified atom stereocenters. The van der Waals surface area contributed by atoms with Gasteiger partial charge in [0.15, 0.2) is 5.58 Å². The van der Waals surface area contributed by atoms with Gasteiger partial charge in [0, 0.05) is 34.2 Å². The highest BCUT2D eigenvalue weighted by molar-refractivity contribution is 6.10. The van der Waals surface area contributed by atoms with Crippen LogP contribution in [0, 0.1) is 0 Å². The minimum atomic E-state index is 0.611. The van der Waals surface area contributed by atoms with Gasteiger partial charge in [0.25, 0.3) is 0 Å². The molecule has 2 aromatic heterocycles. The van der Waals surface area contributed by atoms with Crippen molar-refractivity contribution < 1.29 is 4.42 Å². The molecule has 2 heterocycles. The quantitative estimate of drug-likeness (QED) is 0.161. The van der Waals surface area contributed by atoms with Crippen LogP contribution in [0.3, 0.4) is 0 Å². The van der Waals surface area contributed by atoms with Gasteiger partial charge in [-0.2, -0.15) is 0 Å². The van der Waals surface area contributed by atoms with Gasteiger partial charge in [0.05, 0.1) is 5.52 Å². The molecule has 0 saturated carbocycles. The standard InChI is InChI=1S/C52H33N3O/c1-2-8-37-31-38(14-13-34(37)7-1)39-21-27-45-40(32-39)15-16-41-33-44(26-28-46(41)45)55(43-24-19-36(20-25-43)52-54-50-11-5-6-12-51(50)56-52)42-22-17-35(18-23-42)47-29-30-53-49-10-4-3-9-48(47)49/h1-33H. The summed E-state index contributed by atoms with van der Waals surface area (Å²) in [6, 6.07) is 68.9. The van der Waals surface area contributed by atoms with E-state index in [2.05, 4.69) is 174 Å². The fourth-order valence-corrected chi connectivity index (χ4v) is 8.08. The highest BCUT2D eigenvalue weighted by Crippen LogP contribution is 2.40. The average molecular weight is 716 g/mol. The molecule has 56 heavy (non-hydrogen) atoms. The number of para-hydroxylation sites is 3. The van der Waals surface area contributed by atoms with Crippen LogP contribution in [0.15, 0.2) is 205 Å². The van der Waals surface area contributed by atoms with E-state index in [4.69, 9.17) is 9.40 Å². The maximum atomic E-state index is 6.11. The molecule has 0 atom stereocenters. The Morgan fingerprint density at radius 3 is 1.73 bits per heavy atom. The van der Waals surface area contributed by atoms with Crippen LogP contribution in [0.4, 0.5) is 17.1 Å². The molecule has 4 heteroatoms. The zero-order chi connectivity index (χ0) is 37.0. The van der Waals surface area contributed by atoms with E-state index in [9.17, 15) is 0 Å². The van der Waals surface area contributed by atoms with Crippen molar-refractivity contribution in [2.45, 2.75) is 0 Å². The predicted molar refractivity (Wildman–Crippen MR) is 233 cm³/mol. The SMILES string of the molecule is c1ccc2cc(-c3ccc4c(ccc5cc(N(c6ccc(-c7nc8ccccc8o7)cc6)c6ccc(-c7ccnc8ccccc78)cc6)ccc54)c3)ccc2c1. The number of hydrogen-bond acceptors (Lipinski definition) is 4. The summed E-state index contributed by atoms with van der Waals surface area (Å²) in [6.07, 6.45) is 1.89. The van der Waals surface area contributed by atoms with Crippen LogP contribution in [-0.4, -0.2) is 9.97 Å². The molecule has 0 aliphatic rings. The van der Waals surface area contributed by atoms with Gasteiger partial charge in [0.2, 0.25) is 5.89 Å². The largest absolute Gasteiger partial charge is 0.436 e. The topological polar surface area (TPSA) is 42.2 Å². The molecule has 0 aliphatic carbocycles. The molecule has 11 rings (SSSR count). The van der Waals surface area contributed by atoms with Gasteiger partial charge in [0.1, 0.15) is 5.52 Å². The van der Waals surface area contributed by atoms with E-state index in [1.807, 2.05) is 36.5 Å². The zero-order valence-electron chi connectivity index (χ0n) is 30.3. The molecule has 0 fully saturated rings. The van der Waals surface area contributed by atoms with E-state index < -0.39 is 0 Å². The molecule has 0 N–H and O–H groups in total. The van der Waals surface area contributed by atoms with Crippen molar-refractivity contribution in [2.75, 3.05) is 4.90 Å². The number of hydrogen-bond donors (Lipinski definition) is 0. The Morgan fingerprint density at radius 1 is 0.375 bits per heavy atom. The van der Waals surface area contributed by atoms with Crippen LogP contribution in [0.2, 0.25) is 0 Å². The Balaban J connectivity index is 0.993. The number of pyridine rings is 1. The Morgan fingerprint density at radius 2 is 0.946 bits per heavy atom. The van der Waals surface area contributed by atoms with Crippen LogP contribution in [-0.2, 0) is 0 Å². The fourth-order valence-electron chi connectivity index (χ4n) is 8.08. The number of oxazole rings is 1. The van der Waals surface area contributed by atoms with Crippen molar-refractivity contribution >= 4 is 71.4 Å². The molecule has 0 saturated heterocycles. The van der Waals surface area contributed by atoms with Gasteiger partial charge in [-0.1, -0.05) is 109 Å². The van der Waals surface area contributed by atoms with Gasteiger partial charge in [-0.05, 0) is 140 Å². The van der Waals surface area contributed by atoms with Crippen molar-refractivity contribution in [2.24, 2.45) is 0 Å². The van der Waals surface area contributed by atoms with Crippen LogP contribution >= 0.6 is 0 Å². The molecule has 0 radical (unpaired) electrons. The van der Waals surface area contributed by atoms with E-state index in [1.54, 1.807) is 0 Å². The Labute approximate surface area is 323 Å². The average Bonchev–Trinajstić information content (AvgIpc) is 3.71. The monoisotopic (exact) mass is 715 g/mol. The third kappa shape index (κ3) is 5.55. The lowest BCUT2D eigenvalue weighted by Crippen LogP contribution is -2.09. The Kier molecular flexibility index (Phi) is 7.46. The summed E-state index contributed by atoms with van der Waals surface area (Å²) >= 11 is 0. The lowest BCUT2D eigenvalue weighted by molar-refractivity contribution is 0.620. The lowest BCUT2D eigenvalue weighted by Gasteiger charge is -2.26. The number of rotatable bonds is 6. The first-order valence-corrected chi connectivity index (χ1v) is 18.9. The van der Waals surface area contributed by atoms with E-state index >= 15 is 0 Å². The number of aromatic nitrogens is 2. The number of fused-ring (bicyclic) bond motifs is 6. The summed E-state index contributed by atoms with van der Waals surface area (Å²) in [5, 5.41) is 8.51. The van der Waals surface area contributed by atoms with Gasteiger partial charge < -0.3 is 9.32 Å². The number of nitrogens with zero attached hydrogens (tertiary/aromatic N) is 3. The van der Waals surface area contributed by atoms with Crippen molar-refractivity contribution in [3.8, 4) is 33.7 Å². The molecule has 262 valence electrons. The van der Waals surface area contributed by atoms with Crippen LogP contribution < -0.4 is 4.90 Å². The van der Waals surface area contributed by atoms with E-state index in [-0.39, 0.29) is 0 Å². The lowest BCUT2D eigenvalue weighted by atomic mass is 9.96. The van der Waals surface area contributed by atoms with E-state index in [0.29, 0.717) is 5.89 Å². The summed E-state index contributed by atoms with van der Waals surface area (Å²) < 4.78 is 6.11. The molecule has 4 nitrogen and oxygen atoms in total. The minimum Gasteiger partial charge on any atom is -0.436 e. The first kappa shape index (κ1) is 31.9. The van der Waals surface area contributed by atoms with Gasteiger partial charge in [-0.15, -0.1) is 0 Å². The first-order chi connectivity index (χ1) is 27.7. The maximum absolute atomic E-state index is 6.11. The van der Waals surface area contributed by atoms with Crippen molar-refractivity contribution in [1.29, 1.82) is 0 Å². The maximum Gasteiger partial charge on any atom is 0.227 e. The second-order valence-electron chi connectivity index (χ2n) is 14.3. The van der Waals surface area contributed by atoms with Gasteiger partial charge in [-0.25, -0.2) is 4.98 Å². The predicted octanol–water partition coefficient (Wildman–Crippen LogP) is 14.3. The van der Waals surface area contributed by atoms with Crippen molar-refractivity contribution in [3.63, 3.8) is 0 Å². The molecule has 0 amide bonds. The molecule has 0 spiro atoms. The van der Waals surface area contributed by atoms with Gasteiger partial charge in [-0.3, -0.25) is 4.98 Å². The Bertz CT molecular complexity index is 3220. The summed E-state index contributed by atoms with van der Waals surface area (Å²) in [7, 11) is 0. The Hall–Kier alpha value is -7.56. The molecule has 11 aromatic rings. The van der Waals surface area contributed by atoms with Crippen molar-refractivity contribution in [3.05, 3.63) is 200 Å². The van der Waals surface area contributed by atoms with E-state index in [0.717, 1.165) is 55.8 Å². The second kappa shape index (κ2) is 13.1. The first-order valence-electron chi connectivity index (χ1n) is 18.9. The van der Waals surface area contributed by atoms with Crippen molar-refractivity contribution in [1.82, 2.24) is 9.97 Å². The molecule has 0 bridgehead atoms. The third-order valence-electron chi connectivity index (χ3n) is 10.9. The highest BCUT2D eigenvalue weighted by atomic mass is 16.3. The highest BCUT2D eigenvalue weighted by Gasteiger charge is 2.16. The van der Waals surface area contributed by atoms with Crippen LogP contribution in [0.5, 0.6) is 0 Å². The molecular formula is C52H33N3O. The molecule has 0 aliphatic heterocycles. The number of benzene rings is 9. The normalized spacial score (nSPS) is 11.6. The zero-order valence-corrected chi connectivity index (χ0v) is 30.3. The fraction of sp³-hybridized carbons (Fsp3) is 0.